The molecule has 0 aliphatic carbocycles. The average molecular weight is 349 g/mol. The lowest BCUT2D eigenvalue weighted by Crippen LogP contribution is -2.29. The Morgan fingerprint density at radius 1 is 1.19 bits per heavy atom. The smallest absolute Gasteiger partial charge is 0.221 e. The normalized spacial score (nSPS) is 12.5. The Balaban J connectivity index is 2.00. The second-order valence-electron chi connectivity index (χ2n) is 7.43. The van der Waals surface area contributed by atoms with E-state index in [4.69, 9.17) is 0 Å². The molecule has 1 aromatic carbocycles. The van der Waals surface area contributed by atoms with Gasteiger partial charge in [-0.25, -0.2) is 4.98 Å². The van der Waals surface area contributed by atoms with Crippen molar-refractivity contribution in [3.63, 3.8) is 0 Å². The van der Waals surface area contributed by atoms with Gasteiger partial charge in [-0.05, 0) is 48.6 Å². The molecule has 1 atom stereocenters. The van der Waals surface area contributed by atoms with Crippen LogP contribution in [-0.2, 0) is 4.79 Å². The number of pyridine rings is 1. The number of rotatable bonds is 6. The third-order valence-electron chi connectivity index (χ3n) is 4.72. The molecule has 0 saturated carbocycles. The first-order valence-electron chi connectivity index (χ1n) is 9.21. The zero-order valence-electron chi connectivity index (χ0n) is 16.0. The van der Waals surface area contributed by atoms with Gasteiger partial charge in [-0.3, -0.25) is 4.79 Å². The topological polar surface area (TPSA) is 46.4 Å². The molecular formula is C22H27N3O. The molecule has 136 valence electrons. The molecule has 0 aliphatic rings. The van der Waals surface area contributed by atoms with Crippen LogP contribution < -0.4 is 5.32 Å². The van der Waals surface area contributed by atoms with Crippen molar-refractivity contribution in [2.24, 2.45) is 5.92 Å². The van der Waals surface area contributed by atoms with E-state index in [9.17, 15) is 4.79 Å². The summed E-state index contributed by atoms with van der Waals surface area (Å²) < 4.78 is 2.10. The molecule has 4 nitrogen and oxygen atoms in total. The number of aromatic nitrogens is 2. The average Bonchev–Trinajstić information content (AvgIpc) is 3.01. The van der Waals surface area contributed by atoms with E-state index in [2.05, 4.69) is 66.7 Å². The number of hydrogen-bond donors (Lipinski definition) is 1. The molecule has 1 N–H and O–H groups in total. The molecule has 3 rings (SSSR count). The quantitative estimate of drug-likeness (QED) is 0.723. The maximum absolute atomic E-state index is 12.6. The highest BCUT2D eigenvalue weighted by Gasteiger charge is 2.23. The zero-order valence-corrected chi connectivity index (χ0v) is 16.0. The Bertz CT molecular complexity index is 911. The summed E-state index contributed by atoms with van der Waals surface area (Å²) >= 11 is 0. The molecule has 4 heteroatoms. The van der Waals surface area contributed by atoms with Crippen LogP contribution in [0.15, 0.2) is 48.8 Å². The summed E-state index contributed by atoms with van der Waals surface area (Å²) in [5, 5.41) is 3.05. The van der Waals surface area contributed by atoms with Gasteiger partial charge in [0.1, 0.15) is 5.65 Å². The number of carbonyl (C=O) groups excluding carboxylic acids is 1. The molecule has 0 spiro atoms. The van der Waals surface area contributed by atoms with Crippen molar-refractivity contribution in [3.05, 3.63) is 71.2 Å². The Hall–Kier alpha value is -2.62. The molecule has 0 aliphatic heterocycles. The van der Waals surface area contributed by atoms with Crippen LogP contribution in [0.5, 0.6) is 0 Å². The maximum atomic E-state index is 12.6. The standard InChI is InChI=1S/C22H27N3O/c1-15(2)13-24-22(26)12-19(18-8-6-5-7-17(18)4)20-14-23-21-11-16(3)9-10-25(20)21/h5-11,14-15,19H,12-13H2,1-4H3,(H,24,26). The fourth-order valence-electron chi connectivity index (χ4n) is 3.29. The van der Waals surface area contributed by atoms with Gasteiger partial charge in [0, 0.05) is 31.3 Å². The van der Waals surface area contributed by atoms with E-state index in [0.717, 1.165) is 11.3 Å². The van der Waals surface area contributed by atoms with Gasteiger partial charge in [0.05, 0.1) is 5.69 Å². The van der Waals surface area contributed by atoms with E-state index in [0.29, 0.717) is 18.9 Å². The molecule has 2 aromatic heterocycles. The van der Waals surface area contributed by atoms with Crippen LogP contribution >= 0.6 is 0 Å². The maximum Gasteiger partial charge on any atom is 0.221 e. The van der Waals surface area contributed by atoms with E-state index in [1.165, 1.54) is 16.7 Å². The summed E-state index contributed by atoms with van der Waals surface area (Å²) in [6, 6.07) is 12.4. The van der Waals surface area contributed by atoms with Crippen LogP contribution in [0.4, 0.5) is 0 Å². The third kappa shape index (κ3) is 3.96. The minimum absolute atomic E-state index is 0.0268. The summed E-state index contributed by atoms with van der Waals surface area (Å²) in [5.74, 6) is 0.490. The van der Waals surface area contributed by atoms with Crippen LogP contribution in [0.25, 0.3) is 5.65 Å². The van der Waals surface area contributed by atoms with Crippen LogP contribution in [0.3, 0.4) is 0 Å². The first kappa shape index (κ1) is 18.2. The predicted molar refractivity (Wildman–Crippen MR) is 105 cm³/mol. The first-order valence-corrected chi connectivity index (χ1v) is 9.21. The molecule has 1 unspecified atom stereocenters. The first-order chi connectivity index (χ1) is 12.5. The van der Waals surface area contributed by atoms with E-state index >= 15 is 0 Å². The minimum Gasteiger partial charge on any atom is -0.356 e. The Kier molecular flexibility index (Phi) is 5.40. The number of benzene rings is 1. The number of aryl methyl sites for hydroxylation is 2. The molecule has 0 radical (unpaired) electrons. The summed E-state index contributed by atoms with van der Waals surface area (Å²) in [4.78, 5) is 17.2. The lowest BCUT2D eigenvalue weighted by molar-refractivity contribution is -0.121. The fraction of sp³-hybridized carbons (Fsp3) is 0.364. The zero-order chi connectivity index (χ0) is 18.7. The molecule has 1 amide bonds. The largest absolute Gasteiger partial charge is 0.356 e. The van der Waals surface area contributed by atoms with Gasteiger partial charge >= 0.3 is 0 Å². The van der Waals surface area contributed by atoms with Crippen molar-refractivity contribution in [2.75, 3.05) is 6.54 Å². The highest BCUT2D eigenvalue weighted by Crippen LogP contribution is 2.31. The van der Waals surface area contributed by atoms with Crippen LogP contribution in [0, 0.1) is 19.8 Å². The van der Waals surface area contributed by atoms with Gasteiger partial charge in [-0.1, -0.05) is 38.1 Å². The van der Waals surface area contributed by atoms with Crippen LogP contribution in [0.1, 0.15) is 48.6 Å². The molecule has 3 aromatic rings. The van der Waals surface area contributed by atoms with Crippen LogP contribution in [-0.4, -0.2) is 21.8 Å². The minimum atomic E-state index is -0.0268. The summed E-state index contributed by atoms with van der Waals surface area (Å²) in [7, 11) is 0. The number of nitrogens with one attached hydrogen (secondary N) is 1. The summed E-state index contributed by atoms with van der Waals surface area (Å²) in [5.41, 5.74) is 5.51. The summed E-state index contributed by atoms with van der Waals surface area (Å²) in [6.45, 7) is 9.07. The van der Waals surface area contributed by atoms with Gasteiger partial charge in [0.25, 0.3) is 0 Å². The molecular weight excluding hydrogens is 322 g/mol. The lowest BCUT2D eigenvalue weighted by atomic mass is 9.89. The number of carbonyl (C=O) groups is 1. The number of imidazole rings is 1. The molecule has 0 bridgehead atoms. The van der Waals surface area contributed by atoms with Crippen molar-refractivity contribution >= 4 is 11.6 Å². The Morgan fingerprint density at radius 2 is 1.96 bits per heavy atom. The van der Waals surface area contributed by atoms with Crippen molar-refractivity contribution in [1.82, 2.24) is 14.7 Å². The van der Waals surface area contributed by atoms with E-state index in [-0.39, 0.29) is 11.8 Å². The van der Waals surface area contributed by atoms with Gasteiger partial charge in [0.15, 0.2) is 0 Å². The van der Waals surface area contributed by atoms with E-state index in [1.807, 2.05) is 24.5 Å². The molecule has 26 heavy (non-hydrogen) atoms. The monoisotopic (exact) mass is 349 g/mol. The predicted octanol–water partition coefficient (Wildman–Crippen LogP) is 4.25. The number of nitrogens with zero attached hydrogens (tertiary/aromatic N) is 2. The van der Waals surface area contributed by atoms with Crippen molar-refractivity contribution < 1.29 is 4.79 Å². The van der Waals surface area contributed by atoms with E-state index in [1.54, 1.807) is 0 Å². The van der Waals surface area contributed by atoms with Crippen LogP contribution in [0.2, 0.25) is 0 Å². The Morgan fingerprint density at radius 3 is 2.69 bits per heavy atom. The van der Waals surface area contributed by atoms with Crippen molar-refractivity contribution in [2.45, 2.75) is 40.0 Å². The number of fused-ring (bicyclic) bond motifs is 1. The molecule has 2 heterocycles. The Labute approximate surface area is 155 Å². The number of hydrogen-bond acceptors (Lipinski definition) is 2. The van der Waals surface area contributed by atoms with Gasteiger partial charge in [0.2, 0.25) is 5.91 Å². The van der Waals surface area contributed by atoms with Gasteiger partial charge in [-0.2, -0.15) is 0 Å². The lowest BCUT2D eigenvalue weighted by Gasteiger charge is -2.20. The second kappa shape index (κ2) is 7.73. The van der Waals surface area contributed by atoms with Gasteiger partial charge < -0.3 is 9.72 Å². The van der Waals surface area contributed by atoms with Crippen molar-refractivity contribution in [1.29, 1.82) is 0 Å². The van der Waals surface area contributed by atoms with E-state index < -0.39 is 0 Å². The highest BCUT2D eigenvalue weighted by atomic mass is 16.1. The van der Waals surface area contributed by atoms with Crippen molar-refractivity contribution in [3.8, 4) is 0 Å². The highest BCUT2D eigenvalue weighted by molar-refractivity contribution is 5.77. The molecule has 0 fully saturated rings. The third-order valence-corrected chi connectivity index (χ3v) is 4.72. The summed E-state index contributed by atoms with van der Waals surface area (Å²) in [6.07, 6.45) is 4.37. The fourth-order valence-corrected chi connectivity index (χ4v) is 3.29. The SMILES string of the molecule is Cc1ccn2c(C(CC(=O)NCC(C)C)c3ccccc3C)cnc2c1. The number of amides is 1. The second-order valence-corrected chi connectivity index (χ2v) is 7.43. The van der Waals surface area contributed by atoms with Gasteiger partial charge in [-0.15, -0.1) is 0 Å². The molecule has 0 saturated heterocycles.